The molecule has 0 saturated carbocycles. The molecule has 0 aliphatic heterocycles. The van der Waals surface area contributed by atoms with E-state index in [-0.39, 0.29) is 18.8 Å². The standard InChI is InChI=1S/C22H27NO2.ClH/c1-18(14-16-23-17-15-22(24)25)21-12-10-20(11-13-21)9-5-8-19-6-3-2-4-7-19;/h2-4,6-7,10-14,23H,5,8-9,15-17H2,1H3,(H,24,25);1H/b18-14+;. The van der Waals surface area contributed by atoms with Crippen LogP contribution in [0.3, 0.4) is 0 Å². The summed E-state index contributed by atoms with van der Waals surface area (Å²) in [5.41, 5.74) is 5.19. The number of allylic oxidation sites excluding steroid dienone is 1. The average molecular weight is 374 g/mol. The Morgan fingerprint density at radius 3 is 2.23 bits per heavy atom. The van der Waals surface area contributed by atoms with Crippen molar-refractivity contribution in [2.24, 2.45) is 0 Å². The van der Waals surface area contributed by atoms with Gasteiger partial charge < -0.3 is 10.4 Å². The molecule has 2 rings (SSSR count). The number of hydrogen-bond acceptors (Lipinski definition) is 2. The van der Waals surface area contributed by atoms with Crippen LogP contribution in [-0.2, 0) is 17.6 Å². The Morgan fingerprint density at radius 1 is 1.00 bits per heavy atom. The number of carboxylic acids is 1. The third-order valence-corrected chi connectivity index (χ3v) is 4.25. The van der Waals surface area contributed by atoms with Crippen molar-refractivity contribution in [2.45, 2.75) is 32.6 Å². The molecule has 0 radical (unpaired) electrons. The van der Waals surface area contributed by atoms with E-state index < -0.39 is 5.97 Å². The lowest BCUT2D eigenvalue weighted by molar-refractivity contribution is -0.136. The van der Waals surface area contributed by atoms with Crippen molar-refractivity contribution in [1.82, 2.24) is 5.32 Å². The largest absolute Gasteiger partial charge is 0.481 e. The minimum Gasteiger partial charge on any atom is -0.481 e. The second-order valence-electron chi connectivity index (χ2n) is 6.27. The van der Waals surface area contributed by atoms with Crippen LogP contribution in [-0.4, -0.2) is 24.2 Å². The number of carbonyl (C=O) groups is 1. The van der Waals surface area contributed by atoms with Gasteiger partial charge in [0.15, 0.2) is 0 Å². The topological polar surface area (TPSA) is 49.3 Å². The van der Waals surface area contributed by atoms with Gasteiger partial charge in [-0.05, 0) is 48.4 Å². The predicted octanol–water partition coefficient (Wildman–Crippen LogP) is 4.75. The Kier molecular flexibility index (Phi) is 10.4. The number of carboxylic acid groups (broad SMARTS) is 1. The molecule has 0 atom stereocenters. The highest BCUT2D eigenvalue weighted by Crippen LogP contribution is 2.16. The lowest BCUT2D eigenvalue weighted by Crippen LogP contribution is -2.18. The van der Waals surface area contributed by atoms with Gasteiger partial charge in [0.2, 0.25) is 0 Å². The number of aryl methyl sites for hydroxylation is 2. The van der Waals surface area contributed by atoms with Crippen LogP contribution in [0.15, 0.2) is 60.7 Å². The summed E-state index contributed by atoms with van der Waals surface area (Å²) in [4.78, 5) is 10.4. The highest BCUT2D eigenvalue weighted by molar-refractivity contribution is 5.85. The first kappa shape index (κ1) is 21.9. The highest BCUT2D eigenvalue weighted by Gasteiger charge is 1.99. The van der Waals surface area contributed by atoms with Crippen LogP contribution in [0.25, 0.3) is 5.57 Å². The smallest absolute Gasteiger partial charge is 0.304 e. The molecule has 0 fully saturated rings. The molecule has 0 saturated heterocycles. The number of halogens is 1. The highest BCUT2D eigenvalue weighted by atomic mass is 35.5. The van der Waals surface area contributed by atoms with E-state index in [1.54, 1.807) is 0 Å². The molecule has 2 N–H and O–H groups in total. The van der Waals surface area contributed by atoms with Gasteiger partial charge in [-0.25, -0.2) is 0 Å². The van der Waals surface area contributed by atoms with E-state index in [2.05, 4.69) is 72.9 Å². The fourth-order valence-electron chi connectivity index (χ4n) is 2.72. The van der Waals surface area contributed by atoms with Crippen molar-refractivity contribution in [2.75, 3.05) is 13.1 Å². The van der Waals surface area contributed by atoms with Gasteiger partial charge in [0.1, 0.15) is 0 Å². The summed E-state index contributed by atoms with van der Waals surface area (Å²) in [6.45, 7) is 3.28. The Morgan fingerprint density at radius 2 is 1.62 bits per heavy atom. The number of rotatable bonds is 10. The van der Waals surface area contributed by atoms with Gasteiger partial charge >= 0.3 is 5.97 Å². The molecule has 26 heavy (non-hydrogen) atoms. The molecule has 0 bridgehead atoms. The maximum absolute atomic E-state index is 10.4. The summed E-state index contributed by atoms with van der Waals surface area (Å²) in [6.07, 6.45) is 5.63. The Bertz CT molecular complexity index is 681. The maximum atomic E-state index is 10.4. The summed E-state index contributed by atoms with van der Waals surface area (Å²) in [6, 6.07) is 19.3. The molecule has 0 aromatic heterocycles. The molecule has 2 aromatic carbocycles. The Hall–Kier alpha value is -2.10. The molecule has 4 heteroatoms. The summed E-state index contributed by atoms with van der Waals surface area (Å²) >= 11 is 0. The summed E-state index contributed by atoms with van der Waals surface area (Å²) in [7, 11) is 0. The van der Waals surface area contributed by atoms with Crippen molar-refractivity contribution in [3.63, 3.8) is 0 Å². The first-order chi connectivity index (χ1) is 12.1. The Balaban J connectivity index is 0.00000338. The van der Waals surface area contributed by atoms with Crippen LogP contribution in [0, 0.1) is 0 Å². The Labute approximate surface area is 162 Å². The van der Waals surface area contributed by atoms with Crippen LogP contribution >= 0.6 is 12.4 Å². The molecular formula is C22H28ClNO2. The van der Waals surface area contributed by atoms with Gasteiger partial charge in [0.05, 0.1) is 6.42 Å². The van der Waals surface area contributed by atoms with Crippen molar-refractivity contribution in [3.05, 3.63) is 77.4 Å². The van der Waals surface area contributed by atoms with Crippen LogP contribution in [0.1, 0.15) is 36.5 Å². The molecule has 0 spiro atoms. The van der Waals surface area contributed by atoms with Gasteiger partial charge in [-0.2, -0.15) is 0 Å². The maximum Gasteiger partial charge on any atom is 0.304 e. The molecular weight excluding hydrogens is 346 g/mol. The molecule has 0 aliphatic rings. The minimum absolute atomic E-state index is 0. The van der Waals surface area contributed by atoms with Crippen molar-refractivity contribution < 1.29 is 9.90 Å². The van der Waals surface area contributed by atoms with Crippen LogP contribution in [0.2, 0.25) is 0 Å². The summed E-state index contributed by atoms with van der Waals surface area (Å²) < 4.78 is 0. The number of nitrogens with one attached hydrogen (secondary N) is 1. The second kappa shape index (κ2) is 12.3. The quantitative estimate of drug-likeness (QED) is 0.591. The third-order valence-electron chi connectivity index (χ3n) is 4.25. The monoisotopic (exact) mass is 373 g/mol. The van der Waals surface area contributed by atoms with E-state index in [1.165, 1.54) is 22.3 Å². The van der Waals surface area contributed by atoms with Gasteiger partial charge in [0.25, 0.3) is 0 Å². The third kappa shape index (κ3) is 8.32. The predicted molar refractivity (Wildman–Crippen MR) is 111 cm³/mol. The second-order valence-corrected chi connectivity index (χ2v) is 6.27. The fraction of sp³-hybridized carbons (Fsp3) is 0.318. The van der Waals surface area contributed by atoms with Gasteiger partial charge in [-0.1, -0.05) is 60.7 Å². The van der Waals surface area contributed by atoms with Crippen molar-refractivity contribution >= 4 is 23.9 Å². The van der Waals surface area contributed by atoms with E-state index in [9.17, 15) is 4.79 Å². The molecule has 0 heterocycles. The van der Waals surface area contributed by atoms with Crippen LogP contribution < -0.4 is 5.32 Å². The van der Waals surface area contributed by atoms with Crippen molar-refractivity contribution in [1.29, 1.82) is 0 Å². The van der Waals surface area contributed by atoms with Gasteiger partial charge in [-0.15, -0.1) is 12.4 Å². The number of benzene rings is 2. The summed E-state index contributed by atoms with van der Waals surface area (Å²) in [5, 5.41) is 11.7. The van der Waals surface area contributed by atoms with Crippen molar-refractivity contribution in [3.8, 4) is 0 Å². The molecule has 0 aliphatic carbocycles. The zero-order valence-corrected chi connectivity index (χ0v) is 16.1. The number of aliphatic carboxylic acids is 1. The lowest BCUT2D eigenvalue weighted by Gasteiger charge is -2.06. The molecule has 0 unspecified atom stereocenters. The van der Waals surface area contributed by atoms with Gasteiger partial charge in [-0.3, -0.25) is 4.79 Å². The zero-order chi connectivity index (χ0) is 17.9. The van der Waals surface area contributed by atoms with E-state index >= 15 is 0 Å². The minimum atomic E-state index is -0.768. The molecule has 140 valence electrons. The van der Waals surface area contributed by atoms with E-state index in [0.717, 1.165) is 19.3 Å². The fourth-order valence-corrected chi connectivity index (χ4v) is 2.72. The van der Waals surface area contributed by atoms with E-state index in [1.807, 2.05) is 0 Å². The summed E-state index contributed by atoms with van der Waals surface area (Å²) in [5.74, 6) is -0.768. The SMILES string of the molecule is C/C(=C\CNCCC(=O)O)c1ccc(CCCc2ccccc2)cc1.Cl. The molecule has 3 nitrogen and oxygen atoms in total. The average Bonchev–Trinajstić information content (AvgIpc) is 2.62. The first-order valence-corrected chi connectivity index (χ1v) is 8.87. The normalized spacial score (nSPS) is 11.0. The lowest BCUT2D eigenvalue weighted by atomic mass is 10.0. The van der Waals surface area contributed by atoms with E-state index in [4.69, 9.17) is 5.11 Å². The zero-order valence-electron chi connectivity index (χ0n) is 15.3. The molecule has 0 amide bonds. The van der Waals surface area contributed by atoms with Crippen LogP contribution in [0.5, 0.6) is 0 Å². The van der Waals surface area contributed by atoms with Crippen LogP contribution in [0.4, 0.5) is 0 Å². The van der Waals surface area contributed by atoms with E-state index in [0.29, 0.717) is 13.1 Å². The molecule has 2 aromatic rings. The number of hydrogen-bond donors (Lipinski definition) is 2. The first-order valence-electron chi connectivity index (χ1n) is 8.87. The van der Waals surface area contributed by atoms with Gasteiger partial charge in [0, 0.05) is 13.1 Å².